The molecule has 2 aromatic carbocycles. The molecule has 7 heteroatoms. The van der Waals surface area contributed by atoms with Crippen LogP contribution in [0.5, 0.6) is 0 Å². The van der Waals surface area contributed by atoms with Gasteiger partial charge in [-0.2, -0.15) is 4.68 Å². The summed E-state index contributed by atoms with van der Waals surface area (Å²) < 4.78 is 3.61. The lowest BCUT2D eigenvalue weighted by Crippen LogP contribution is -2.13. The van der Waals surface area contributed by atoms with Crippen LogP contribution in [-0.4, -0.2) is 30.7 Å². The van der Waals surface area contributed by atoms with E-state index in [1.54, 1.807) is 16.8 Å². The molecule has 124 valence electrons. The number of rotatable bonds is 3. The van der Waals surface area contributed by atoms with Gasteiger partial charge in [0.2, 0.25) is 0 Å². The summed E-state index contributed by atoms with van der Waals surface area (Å²) in [5.74, 6) is 0.482. The number of carbonyl (C=O) groups excluding carboxylic acids is 1. The van der Waals surface area contributed by atoms with Crippen LogP contribution in [0, 0.1) is 6.92 Å². The van der Waals surface area contributed by atoms with Gasteiger partial charge in [-0.05, 0) is 53.7 Å². The molecule has 0 bridgehead atoms. The van der Waals surface area contributed by atoms with E-state index in [0.717, 1.165) is 22.3 Å². The van der Waals surface area contributed by atoms with Gasteiger partial charge in [0.05, 0.1) is 11.4 Å². The first-order valence-corrected chi connectivity index (χ1v) is 7.84. The first kappa shape index (κ1) is 15.1. The highest BCUT2D eigenvalue weighted by molar-refractivity contribution is 6.09. The molecule has 0 radical (unpaired) electrons. The Morgan fingerprint density at radius 3 is 2.76 bits per heavy atom. The Balaban J connectivity index is 1.66. The topological polar surface area (TPSA) is 77.6 Å². The number of aromatic nitrogens is 5. The normalized spacial score (nSPS) is 11.0. The highest BCUT2D eigenvalue weighted by Crippen LogP contribution is 2.24. The van der Waals surface area contributed by atoms with E-state index in [2.05, 4.69) is 20.8 Å². The first-order chi connectivity index (χ1) is 12.1. The minimum Gasteiger partial charge on any atom is -0.350 e. The molecule has 4 aromatic rings. The average Bonchev–Trinajstić information content (AvgIpc) is 3.22. The van der Waals surface area contributed by atoms with E-state index in [4.69, 9.17) is 0 Å². The first-order valence-electron chi connectivity index (χ1n) is 7.84. The van der Waals surface area contributed by atoms with Gasteiger partial charge in [0, 0.05) is 29.7 Å². The molecule has 4 rings (SSSR count). The second-order valence-electron chi connectivity index (χ2n) is 5.81. The Bertz CT molecular complexity index is 1080. The number of nitrogens with zero attached hydrogens (tertiary/aromatic N) is 5. The van der Waals surface area contributed by atoms with Crippen molar-refractivity contribution in [3.63, 3.8) is 0 Å². The Morgan fingerprint density at radius 1 is 1.12 bits per heavy atom. The molecule has 25 heavy (non-hydrogen) atoms. The monoisotopic (exact) mass is 332 g/mol. The number of anilines is 1. The Morgan fingerprint density at radius 2 is 1.96 bits per heavy atom. The molecular formula is C18H16N6O. The van der Waals surface area contributed by atoms with Crippen LogP contribution in [0.25, 0.3) is 16.6 Å². The molecular weight excluding hydrogens is 316 g/mol. The SMILES string of the molecule is Cc1nnnn1-c1cccc(C(=O)Nc2cccc3c2ccn3C)c1. The van der Waals surface area contributed by atoms with E-state index in [1.807, 2.05) is 61.1 Å². The van der Waals surface area contributed by atoms with Crippen molar-refractivity contribution < 1.29 is 4.79 Å². The van der Waals surface area contributed by atoms with Gasteiger partial charge < -0.3 is 9.88 Å². The van der Waals surface area contributed by atoms with Gasteiger partial charge in [-0.15, -0.1) is 5.10 Å². The number of aryl methyl sites for hydroxylation is 2. The largest absolute Gasteiger partial charge is 0.350 e. The number of tetrazole rings is 1. The van der Waals surface area contributed by atoms with Crippen molar-refractivity contribution in [2.45, 2.75) is 6.92 Å². The van der Waals surface area contributed by atoms with E-state index in [1.165, 1.54) is 0 Å². The zero-order valence-electron chi connectivity index (χ0n) is 13.8. The number of carbonyl (C=O) groups is 1. The fourth-order valence-corrected chi connectivity index (χ4v) is 2.86. The zero-order chi connectivity index (χ0) is 17.4. The van der Waals surface area contributed by atoms with Crippen LogP contribution in [0.15, 0.2) is 54.7 Å². The third-order valence-electron chi connectivity index (χ3n) is 4.15. The lowest BCUT2D eigenvalue weighted by Gasteiger charge is -2.09. The number of amides is 1. The van der Waals surface area contributed by atoms with Crippen molar-refractivity contribution in [1.29, 1.82) is 0 Å². The summed E-state index contributed by atoms with van der Waals surface area (Å²) >= 11 is 0. The van der Waals surface area contributed by atoms with Crippen LogP contribution in [0.2, 0.25) is 0 Å². The van der Waals surface area contributed by atoms with Crippen molar-refractivity contribution in [2.24, 2.45) is 7.05 Å². The van der Waals surface area contributed by atoms with Crippen LogP contribution in [0.1, 0.15) is 16.2 Å². The second kappa shape index (κ2) is 5.86. The lowest BCUT2D eigenvalue weighted by molar-refractivity contribution is 0.102. The average molecular weight is 332 g/mol. The number of fused-ring (bicyclic) bond motifs is 1. The smallest absolute Gasteiger partial charge is 0.255 e. The standard InChI is InChI=1S/C18H16N6O/c1-12-20-21-22-24(12)14-6-3-5-13(11-14)18(25)19-16-7-4-8-17-15(16)9-10-23(17)2/h3-11H,1-2H3,(H,19,25). The Hall–Kier alpha value is -3.48. The Kier molecular flexibility index (Phi) is 3.53. The predicted molar refractivity (Wildman–Crippen MR) is 94.8 cm³/mol. The highest BCUT2D eigenvalue weighted by Gasteiger charge is 2.11. The van der Waals surface area contributed by atoms with E-state index in [0.29, 0.717) is 11.4 Å². The summed E-state index contributed by atoms with van der Waals surface area (Å²) in [6.07, 6.45) is 1.97. The summed E-state index contributed by atoms with van der Waals surface area (Å²) in [4.78, 5) is 12.7. The quantitative estimate of drug-likeness (QED) is 0.626. The minimum atomic E-state index is -0.177. The van der Waals surface area contributed by atoms with E-state index >= 15 is 0 Å². The zero-order valence-corrected chi connectivity index (χ0v) is 13.8. The fourth-order valence-electron chi connectivity index (χ4n) is 2.86. The van der Waals surface area contributed by atoms with Gasteiger partial charge in [-0.3, -0.25) is 4.79 Å². The van der Waals surface area contributed by atoms with Crippen LogP contribution in [-0.2, 0) is 7.05 Å². The van der Waals surface area contributed by atoms with Crippen molar-refractivity contribution in [1.82, 2.24) is 24.8 Å². The fraction of sp³-hybridized carbons (Fsp3) is 0.111. The molecule has 2 aromatic heterocycles. The molecule has 1 amide bonds. The summed E-state index contributed by atoms with van der Waals surface area (Å²) in [6, 6.07) is 15.0. The molecule has 0 unspecified atom stereocenters. The molecule has 0 aliphatic rings. The molecule has 0 spiro atoms. The van der Waals surface area contributed by atoms with Crippen molar-refractivity contribution in [2.75, 3.05) is 5.32 Å². The van der Waals surface area contributed by atoms with Crippen LogP contribution in [0.3, 0.4) is 0 Å². The van der Waals surface area contributed by atoms with Crippen molar-refractivity contribution >= 4 is 22.5 Å². The number of nitrogens with one attached hydrogen (secondary N) is 1. The van der Waals surface area contributed by atoms with Gasteiger partial charge in [-0.25, -0.2) is 0 Å². The molecule has 1 N–H and O–H groups in total. The van der Waals surface area contributed by atoms with Crippen LogP contribution >= 0.6 is 0 Å². The maximum atomic E-state index is 12.7. The third kappa shape index (κ3) is 2.65. The molecule has 0 aliphatic heterocycles. The summed E-state index contributed by atoms with van der Waals surface area (Å²) in [5.41, 5.74) is 3.14. The van der Waals surface area contributed by atoms with Crippen LogP contribution < -0.4 is 5.32 Å². The molecule has 0 fully saturated rings. The van der Waals surface area contributed by atoms with Gasteiger partial charge in [0.1, 0.15) is 0 Å². The second-order valence-corrected chi connectivity index (χ2v) is 5.81. The van der Waals surface area contributed by atoms with Crippen molar-refractivity contribution in [3.05, 3.63) is 66.1 Å². The summed E-state index contributed by atoms with van der Waals surface area (Å²) in [5, 5.41) is 15.4. The van der Waals surface area contributed by atoms with Crippen molar-refractivity contribution in [3.8, 4) is 5.69 Å². The molecule has 0 saturated heterocycles. The lowest BCUT2D eigenvalue weighted by atomic mass is 10.1. The minimum absolute atomic E-state index is 0.177. The van der Waals surface area contributed by atoms with E-state index < -0.39 is 0 Å². The maximum Gasteiger partial charge on any atom is 0.255 e. The van der Waals surface area contributed by atoms with E-state index in [9.17, 15) is 4.79 Å². The molecule has 7 nitrogen and oxygen atoms in total. The van der Waals surface area contributed by atoms with Gasteiger partial charge in [-0.1, -0.05) is 12.1 Å². The maximum absolute atomic E-state index is 12.7. The molecule has 0 saturated carbocycles. The third-order valence-corrected chi connectivity index (χ3v) is 4.15. The van der Waals surface area contributed by atoms with E-state index in [-0.39, 0.29) is 5.91 Å². The predicted octanol–water partition coefficient (Wildman–Crippen LogP) is 2.71. The summed E-state index contributed by atoms with van der Waals surface area (Å²) in [7, 11) is 1.98. The number of hydrogen-bond acceptors (Lipinski definition) is 4. The Labute approximate surface area is 143 Å². The molecule has 0 atom stereocenters. The van der Waals surface area contributed by atoms with Gasteiger partial charge in [0.15, 0.2) is 5.82 Å². The number of benzene rings is 2. The molecule has 2 heterocycles. The summed E-state index contributed by atoms with van der Waals surface area (Å²) in [6.45, 7) is 1.81. The van der Waals surface area contributed by atoms with Gasteiger partial charge >= 0.3 is 0 Å². The van der Waals surface area contributed by atoms with Gasteiger partial charge in [0.25, 0.3) is 5.91 Å². The van der Waals surface area contributed by atoms with Crippen LogP contribution in [0.4, 0.5) is 5.69 Å². The molecule has 0 aliphatic carbocycles. The highest BCUT2D eigenvalue weighted by atomic mass is 16.1. The number of hydrogen-bond donors (Lipinski definition) is 1.